The van der Waals surface area contributed by atoms with Crippen LogP contribution >= 0.6 is 0 Å². The quantitative estimate of drug-likeness (QED) is 0.528. The number of hydrogen-bond acceptors (Lipinski definition) is 3. The van der Waals surface area contributed by atoms with Gasteiger partial charge in [0.05, 0.1) is 6.61 Å². The first kappa shape index (κ1) is 21.8. The summed E-state index contributed by atoms with van der Waals surface area (Å²) in [6, 6.07) is 22.0. The summed E-state index contributed by atoms with van der Waals surface area (Å²) in [7, 11) is 0. The number of benzene rings is 3. The van der Waals surface area contributed by atoms with Gasteiger partial charge in [-0.05, 0) is 68.8 Å². The molecule has 3 rings (SSSR count). The molecule has 3 aromatic carbocycles. The number of hydrogen-bond donors (Lipinski definition) is 2. The van der Waals surface area contributed by atoms with E-state index < -0.39 is 5.91 Å². The van der Waals surface area contributed by atoms with Gasteiger partial charge in [0.15, 0.2) is 0 Å². The van der Waals surface area contributed by atoms with Gasteiger partial charge in [-0.1, -0.05) is 47.5 Å². The van der Waals surface area contributed by atoms with Crippen LogP contribution in [-0.4, -0.2) is 18.4 Å². The molecular weight excluding hydrogens is 388 g/mol. The Bertz CT molecular complexity index is 1070. The zero-order chi connectivity index (χ0) is 22.2. The van der Waals surface area contributed by atoms with Gasteiger partial charge in [-0.3, -0.25) is 9.59 Å². The van der Waals surface area contributed by atoms with Gasteiger partial charge in [-0.15, -0.1) is 0 Å². The van der Waals surface area contributed by atoms with Gasteiger partial charge in [-0.25, -0.2) is 0 Å². The number of carbonyl (C=O) groups is 2. The Morgan fingerprint density at radius 2 is 1.42 bits per heavy atom. The molecule has 0 saturated carbocycles. The van der Waals surface area contributed by atoms with Crippen LogP contribution < -0.4 is 15.4 Å². The van der Waals surface area contributed by atoms with E-state index in [4.69, 9.17) is 4.74 Å². The highest BCUT2D eigenvalue weighted by molar-refractivity contribution is 6.10. The monoisotopic (exact) mass is 414 g/mol. The lowest BCUT2D eigenvalue weighted by Gasteiger charge is -2.12. The topological polar surface area (TPSA) is 67.4 Å². The smallest absolute Gasteiger partial charge is 0.272 e. The van der Waals surface area contributed by atoms with E-state index in [1.54, 1.807) is 18.2 Å². The summed E-state index contributed by atoms with van der Waals surface area (Å²) in [5.74, 6) is -0.0107. The SMILES string of the molecule is CCOc1ccc(C=C(NC(=O)c2ccc(C)cc2)C(=O)Nc2ccc(C)cc2)cc1. The zero-order valence-corrected chi connectivity index (χ0v) is 17.9. The van der Waals surface area contributed by atoms with Crippen LogP contribution in [0.5, 0.6) is 5.75 Å². The summed E-state index contributed by atoms with van der Waals surface area (Å²) < 4.78 is 5.46. The molecule has 0 bridgehead atoms. The maximum absolute atomic E-state index is 13.0. The fraction of sp³-hybridized carbons (Fsp3) is 0.154. The Labute approximate surface area is 182 Å². The minimum atomic E-state index is -0.404. The lowest BCUT2D eigenvalue weighted by atomic mass is 10.1. The molecule has 158 valence electrons. The number of nitrogens with one attached hydrogen (secondary N) is 2. The number of anilines is 1. The molecule has 2 amide bonds. The minimum absolute atomic E-state index is 0.148. The van der Waals surface area contributed by atoms with Crippen molar-refractivity contribution in [1.82, 2.24) is 5.32 Å². The Morgan fingerprint density at radius 3 is 2.00 bits per heavy atom. The van der Waals surface area contributed by atoms with Crippen molar-refractivity contribution in [1.29, 1.82) is 0 Å². The van der Waals surface area contributed by atoms with E-state index in [0.717, 1.165) is 22.4 Å². The van der Waals surface area contributed by atoms with Gasteiger partial charge in [0.2, 0.25) is 0 Å². The molecular formula is C26H26N2O3. The van der Waals surface area contributed by atoms with Crippen molar-refractivity contribution in [3.05, 3.63) is 101 Å². The molecule has 5 nitrogen and oxygen atoms in total. The van der Waals surface area contributed by atoms with Gasteiger partial charge < -0.3 is 15.4 Å². The van der Waals surface area contributed by atoms with E-state index in [9.17, 15) is 9.59 Å². The second-order valence-corrected chi connectivity index (χ2v) is 7.20. The summed E-state index contributed by atoms with van der Waals surface area (Å²) in [5.41, 5.74) is 4.19. The molecule has 0 heterocycles. The van der Waals surface area contributed by atoms with Crippen LogP contribution in [0, 0.1) is 13.8 Å². The number of ether oxygens (including phenoxy) is 1. The van der Waals surface area contributed by atoms with Crippen LogP contribution in [0.3, 0.4) is 0 Å². The largest absolute Gasteiger partial charge is 0.494 e. The van der Waals surface area contributed by atoms with Gasteiger partial charge in [-0.2, -0.15) is 0 Å². The van der Waals surface area contributed by atoms with Crippen molar-refractivity contribution in [2.24, 2.45) is 0 Å². The number of rotatable bonds is 7. The Hall–Kier alpha value is -3.86. The molecule has 0 spiro atoms. The normalized spacial score (nSPS) is 11.0. The highest BCUT2D eigenvalue weighted by Crippen LogP contribution is 2.16. The van der Waals surface area contributed by atoms with E-state index >= 15 is 0 Å². The van der Waals surface area contributed by atoms with Crippen LogP contribution in [0.25, 0.3) is 6.08 Å². The molecule has 0 unspecified atom stereocenters. The van der Waals surface area contributed by atoms with Gasteiger partial charge >= 0.3 is 0 Å². The highest BCUT2D eigenvalue weighted by Gasteiger charge is 2.15. The average Bonchev–Trinajstić information content (AvgIpc) is 2.76. The van der Waals surface area contributed by atoms with Gasteiger partial charge in [0, 0.05) is 11.3 Å². The van der Waals surface area contributed by atoms with E-state index in [1.165, 1.54) is 0 Å². The van der Waals surface area contributed by atoms with E-state index in [1.807, 2.05) is 81.4 Å². The summed E-state index contributed by atoms with van der Waals surface area (Å²) in [6.07, 6.45) is 1.64. The first-order valence-electron chi connectivity index (χ1n) is 10.1. The second kappa shape index (κ2) is 10.3. The lowest BCUT2D eigenvalue weighted by Crippen LogP contribution is -2.30. The number of aryl methyl sites for hydroxylation is 2. The van der Waals surface area contributed by atoms with Crippen LogP contribution in [-0.2, 0) is 4.79 Å². The molecule has 0 radical (unpaired) electrons. The first-order chi connectivity index (χ1) is 14.9. The van der Waals surface area contributed by atoms with Crippen molar-refractivity contribution in [2.75, 3.05) is 11.9 Å². The molecule has 0 aliphatic heterocycles. The van der Waals surface area contributed by atoms with Crippen LogP contribution in [0.4, 0.5) is 5.69 Å². The molecule has 0 aliphatic rings. The first-order valence-corrected chi connectivity index (χ1v) is 10.1. The molecule has 0 fully saturated rings. The fourth-order valence-electron chi connectivity index (χ4n) is 2.89. The molecule has 31 heavy (non-hydrogen) atoms. The van der Waals surface area contributed by atoms with Crippen molar-refractivity contribution in [3.63, 3.8) is 0 Å². The van der Waals surface area contributed by atoms with E-state index in [2.05, 4.69) is 10.6 Å². The summed E-state index contributed by atoms with van der Waals surface area (Å²) >= 11 is 0. The van der Waals surface area contributed by atoms with Crippen LogP contribution in [0.15, 0.2) is 78.5 Å². The van der Waals surface area contributed by atoms with E-state index in [-0.39, 0.29) is 11.6 Å². The predicted molar refractivity (Wildman–Crippen MR) is 124 cm³/mol. The highest BCUT2D eigenvalue weighted by atomic mass is 16.5. The third-order valence-electron chi connectivity index (χ3n) is 4.62. The second-order valence-electron chi connectivity index (χ2n) is 7.20. The summed E-state index contributed by atoms with van der Waals surface area (Å²) in [5, 5.41) is 5.59. The minimum Gasteiger partial charge on any atom is -0.494 e. The summed E-state index contributed by atoms with van der Waals surface area (Å²) in [4.78, 5) is 25.7. The third kappa shape index (κ3) is 6.31. The van der Waals surface area contributed by atoms with Crippen molar-refractivity contribution < 1.29 is 14.3 Å². The zero-order valence-electron chi connectivity index (χ0n) is 17.9. The van der Waals surface area contributed by atoms with Gasteiger partial charge in [0.1, 0.15) is 11.4 Å². The Kier molecular flexibility index (Phi) is 7.22. The van der Waals surface area contributed by atoms with Gasteiger partial charge in [0.25, 0.3) is 11.8 Å². The van der Waals surface area contributed by atoms with Crippen molar-refractivity contribution >= 4 is 23.6 Å². The van der Waals surface area contributed by atoms with Crippen LogP contribution in [0.1, 0.15) is 34.0 Å². The molecule has 5 heteroatoms. The van der Waals surface area contributed by atoms with Crippen molar-refractivity contribution in [2.45, 2.75) is 20.8 Å². The molecule has 2 N–H and O–H groups in total. The fourth-order valence-corrected chi connectivity index (χ4v) is 2.89. The number of carbonyl (C=O) groups excluding carboxylic acids is 2. The predicted octanol–water partition coefficient (Wildman–Crippen LogP) is 5.11. The third-order valence-corrected chi connectivity index (χ3v) is 4.62. The maximum atomic E-state index is 13.0. The van der Waals surface area contributed by atoms with E-state index in [0.29, 0.717) is 17.9 Å². The molecule has 3 aromatic rings. The Morgan fingerprint density at radius 1 is 0.839 bits per heavy atom. The van der Waals surface area contributed by atoms with Crippen molar-refractivity contribution in [3.8, 4) is 5.75 Å². The maximum Gasteiger partial charge on any atom is 0.272 e. The standard InChI is InChI=1S/C26H26N2O3/c1-4-31-23-15-9-20(10-16-23)17-24(26(30)27-22-13-7-19(3)8-14-22)28-25(29)21-11-5-18(2)6-12-21/h5-17H,4H2,1-3H3,(H,27,30)(H,28,29). The molecule has 0 aromatic heterocycles. The summed E-state index contributed by atoms with van der Waals surface area (Å²) in [6.45, 7) is 6.42. The lowest BCUT2D eigenvalue weighted by molar-refractivity contribution is -0.113. The molecule has 0 saturated heterocycles. The molecule has 0 atom stereocenters. The average molecular weight is 415 g/mol. The number of amides is 2. The molecule has 0 aliphatic carbocycles. The van der Waals surface area contributed by atoms with Crippen LogP contribution in [0.2, 0.25) is 0 Å². The Balaban J connectivity index is 1.86.